The Hall–Kier alpha value is -2.49. The van der Waals surface area contributed by atoms with Crippen molar-refractivity contribution in [3.05, 3.63) is 59.2 Å². The number of anilines is 1. The molecule has 1 heterocycles. The summed E-state index contributed by atoms with van der Waals surface area (Å²) < 4.78 is 5.44. The number of carbonyl (C=O) groups is 1. The number of hydrogen-bond acceptors (Lipinski definition) is 3. The summed E-state index contributed by atoms with van der Waals surface area (Å²) in [5.41, 5.74) is 3.96. The third kappa shape index (κ3) is 2.24. The Kier molecular flexibility index (Phi) is 3.49. The molecule has 2 saturated carbocycles. The van der Waals surface area contributed by atoms with Crippen LogP contribution >= 0.6 is 0 Å². The molecule has 2 bridgehead atoms. The summed E-state index contributed by atoms with van der Waals surface area (Å²) in [5, 5.41) is 13.2. The fourth-order valence-electron chi connectivity index (χ4n) is 5.78. The molecule has 0 amide bonds. The Morgan fingerprint density at radius 1 is 1.15 bits per heavy atom. The van der Waals surface area contributed by atoms with Crippen LogP contribution < -0.4 is 10.1 Å². The van der Waals surface area contributed by atoms with E-state index < -0.39 is 5.97 Å². The van der Waals surface area contributed by atoms with Gasteiger partial charge in [-0.1, -0.05) is 12.1 Å². The van der Waals surface area contributed by atoms with Gasteiger partial charge >= 0.3 is 5.97 Å². The maximum absolute atomic E-state index is 11.5. The van der Waals surface area contributed by atoms with Crippen LogP contribution in [-0.2, 0) is 0 Å². The number of benzene rings is 2. The molecule has 2 N–H and O–H groups in total. The van der Waals surface area contributed by atoms with Crippen molar-refractivity contribution in [2.45, 2.75) is 31.2 Å². The minimum absolute atomic E-state index is 0.258. The predicted octanol–water partition coefficient (Wildman–Crippen LogP) is 4.69. The molecule has 5 atom stereocenters. The molecule has 4 heteroatoms. The quantitative estimate of drug-likeness (QED) is 0.844. The van der Waals surface area contributed by atoms with E-state index in [1.807, 2.05) is 18.2 Å². The van der Waals surface area contributed by atoms with Gasteiger partial charge in [0.15, 0.2) is 0 Å². The van der Waals surface area contributed by atoms with Crippen LogP contribution in [0.25, 0.3) is 0 Å². The van der Waals surface area contributed by atoms with Crippen molar-refractivity contribution in [3.8, 4) is 5.75 Å². The summed E-state index contributed by atoms with van der Waals surface area (Å²) in [7, 11) is 1.70. The van der Waals surface area contributed by atoms with Crippen LogP contribution in [0.4, 0.5) is 5.69 Å². The molecule has 0 unspecified atom stereocenters. The average molecular weight is 349 g/mol. The Bertz CT molecular complexity index is 877. The highest BCUT2D eigenvalue weighted by Crippen LogP contribution is 2.63. The molecule has 26 heavy (non-hydrogen) atoms. The predicted molar refractivity (Wildman–Crippen MR) is 99.8 cm³/mol. The zero-order valence-corrected chi connectivity index (χ0v) is 14.8. The molecular weight excluding hydrogens is 326 g/mol. The molecular formula is C22H23NO3. The van der Waals surface area contributed by atoms with E-state index in [0.29, 0.717) is 23.3 Å². The summed E-state index contributed by atoms with van der Waals surface area (Å²) in [4.78, 5) is 11.5. The van der Waals surface area contributed by atoms with E-state index in [1.165, 1.54) is 30.4 Å². The highest BCUT2D eigenvalue weighted by Gasteiger charge is 2.53. The fraction of sp³-hybridized carbons (Fsp3) is 0.409. The Labute approximate surface area is 153 Å². The average Bonchev–Trinajstić information content (AvgIpc) is 3.29. The maximum atomic E-state index is 11.5. The van der Waals surface area contributed by atoms with Crippen LogP contribution in [0.15, 0.2) is 42.5 Å². The van der Waals surface area contributed by atoms with E-state index in [9.17, 15) is 9.90 Å². The topological polar surface area (TPSA) is 58.6 Å². The van der Waals surface area contributed by atoms with Gasteiger partial charge in [0, 0.05) is 5.69 Å². The van der Waals surface area contributed by atoms with Crippen LogP contribution in [-0.4, -0.2) is 18.2 Å². The van der Waals surface area contributed by atoms with E-state index in [-0.39, 0.29) is 6.04 Å². The number of rotatable bonds is 3. The van der Waals surface area contributed by atoms with Crippen molar-refractivity contribution < 1.29 is 14.6 Å². The second kappa shape index (κ2) is 5.76. The number of hydrogen-bond donors (Lipinski definition) is 2. The fourth-order valence-corrected chi connectivity index (χ4v) is 5.78. The molecule has 0 radical (unpaired) electrons. The molecule has 1 aliphatic heterocycles. The lowest BCUT2D eigenvalue weighted by atomic mass is 9.68. The number of methoxy groups -OCH3 is 1. The van der Waals surface area contributed by atoms with Gasteiger partial charge in [0.2, 0.25) is 0 Å². The molecule has 2 aromatic carbocycles. The lowest BCUT2D eigenvalue weighted by molar-refractivity contribution is 0.0696. The smallest absolute Gasteiger partial charge is 0.335 e. The first-order valence-electron chi connectivity index (χ1n) is 9.43. The molecule has 0 aromatic heterocycles. The maximum Gasteiger partial charge on any atom is 0.335 e. The molecule has 0 saturated heterocycles. The van der Waals surface area contributed by atoms with Gasteiger partial charge < -0.3 is 15.2 Å². The molecule has 4 nitrogen and oxygen atoms in total. The van der Waals surface area contributed by atoms with Gasteiger partial charge in [-0.3, -0.25) is 0 Å². The summed E-state index contributed by atoms with van der Waals surface area (Å²) in [6, 6.07) is 14.2. The summed E-state index contributed by atoms with van der Waals surface area (Å²) in [5.74, 6) is 2.43. The van der Waals surface area contributed by atoms with Gasteiger partial charge in [0.05, 0.1) is 18.7 Å². The van der Waals surface area contributed by atoms with Crippen LogP contribution in [0.2, 0.25) is 0 Å². The molecule has 2 aromatic rings. The Balaban J connectivity index is 1.62. The van der Waals surface area contributed by atoms with Crippen LogP contribution in [0, 0.1) is 17.8 Å². The zero-order chi connectivity index (χ0) is 17.8. The molecule has 0 spiro atoms. The third-order valence-corrected chi connectivity index (χ3v) is 6.79. The van der Waals surface area contributed by atoms with Crippen molar-refractivity contribution in [1.82, 2.24) is 0 Å². The van der Waals surface area contributed by atoms with E-state index in [2.05, 4.69) is 23.5 Å². The summed E-state index contributed by atoms with van der Waals surface area (Å²) in [6.45, 7) is 0. The summed E-state index contributed by atoms with van der Waals surface area (Å²) >= 11 is 0. The molecule has 5 rings (SSSR count). The highest BCUT2D eigenvalue weighted by atomic mass is 16.5. The first kappa shape index (κ1) is 15.7. The van der Waals surface area contributed by atoms with E-state index in [4.69, 9.17) is 4.74 Å². The lowest BCUT2D eigenvalue weighted by Crippen LogP contribution is -2.35. The minimum Gasteiger partial charge on any atom is -0.497 e. The van der Waals surface area contributed by atoms with E-state index >= 15 is 0 Å². The minimum atomic E-state index is -0.845. The first-order valence-corrected chi connectivity index (χ1v) is 9.43. The number of ether oxygens (including phenoxy) is 1. The van der Waals surface area contributed by atoms with Crippen molar-refractivity contribution in [1.29, 1.82) is 0 Å². The number of nitrogens with one attached hydrogen (secondary N) is 1. The Morgan fingerprint density at radius 3 is 2.81 bits per heavy atom. The molecule has 134 valence electrons. The Morgan fingerprint density at radius 2 is 2.00 bits per heavy atom. The van der Waals surface area contributed by atoms with Crippen LogP contribution in [0.1, 0.15) is 52.7 Å². The normalized spacial score (nSPS) is 31.0. The highest BCUT2D eigenvalue weighted by molar-refractivity contribution is 5.88. The second-order valence-electron chi connectivity index (χ2n) is 7.94. The lowest BCUT2D eigenvalue weighted by Gasteiger charge is -2.43. The largest absolute Gasteiger partial charge is 0.497 e. The van der Waals surface area contributed by atoms with Crippen molar-refractivity contribution >= 4 is 11.7 Å². The molecule has 2 aliphatic carbocycles. The number of carboxylic acid groups (broad SMARTS) is 1. The second-order valence-corrected chi connectivity index (χ2v) is 7.94. The van der Waals surface area contributed by atoms with Gasteiger partial charge in [0.25, 0.3) is 0 Å². The summed E-state index contributed by atoms with van der Waals surface area (Å²) in [6.07, 6.45) is 3.84. The third-order valence-electron chi connectivity index (χ3n) is 6.79. The van der Waals surface area contributed by atoms with Gasteiger partial charge in [-0.25, -0.2) is 4.79 Å². The van der Waals surface area contributed by atoms with Crippen molar-refractivity contribution in [2.24, 2.45) is 17.8 Å². The number of carboxylic acids is 1. The van der Waals surface area contributed by atoms with Crippen LogP contribution in [0.3, 0.4) is 0 Å². The van der Waals surface area contributed by atoms with Crippen LogP contribution in [0.5, 0.6) is 5.75 Å². The monoisotopic (exact) mass is 349 g/mol. The zero-order valence-electron chi connectivity index (χ0n) is 14.8. The van der Waals surface area contributed by atoms with E-state index in [1.54, 1.807) is 13.2 Å². The van der Waals surface area contributed by atoms with E-state index in [0.717, 1.165) is 17.4 Å². The van der Waals surface area contributed by atoms with Crippen molar-refractivity contribution in [3.63, 3.8) is 0 Å². The van der Waals surface area contributed by atoms with Gasteiger partial charge in [0.1, 0.15) is 5.75 Å². The number of fused-ring (bicyclic) bond motifs is 7. The van der Waals surface area contributed by atoms with Gasteiger partial charge in [-0.05, 0) is 84.4 Å². The van der Waals surface area contributed by atoms with Gasteiger partial charge in [-0.15, -0.1) is 0 Å². The first-order chi connectivity index (χ1) is 12.7. The molecule has 3 aliphatic rings. The SMILES string of the molecule is COc1cccc([C@@H]2Nc3ccc(C(=O)O)cc3[C@@H]3[C@H]4CC[C@@H](C4)[C@H]32)c1. The standard InChI is InChI=1S/C22H23NO3/c1-26-16-4-2-3-14(10-16)21-20-13-6-5-12(9-13)19(20)17-11-15(22(24)25)7-8-18(17)23-21/h2-4,7-8,10-13,19-21,23H,5-6,9H2,1H3,(H,24,25)/t12-,13-,19-,20+,21-/m0/s1. The van der Waals surface area contributed by atoms with Gasteiger partial charge in [-0.2, -0.15) is 0 Å². The number of aromatic carboxylic acids is 1. The van der Waals surface area contributed by atoms with Crippen molar-refractivity contribution in [2.75, 3.05) is 12.4 Å². The molecule has 2 fully saturated rings.